The van der Waals surface area contributed by atoms with Crippen molar-refractivity contribution in [2.45, 2.75) is 72.6 Å². The maximum Gasteiger partial charge on any atom is 0.220 e. The van der Waals surface area contributed by atoms with E-state index >= 15 is 0 Å². The fraction of sp³-hybridized carbons (Fsp3) is 0.571. The Hall–Kier alpha value is -2.16. The highest BCUT2D eigenvalue weighted by Gasteiger charge is 2.66. The number of hydrogen-bond donors (Lipinski definition) is 1. The monoisotopic (exact) mass is 418 g/mol. The van der Waals surface area contributed by atoms with Crippen LogP contribution in [0.5, 0.6) is 0 Å². The van der Waals surface area contributed by atoms with Gasteiger partial charge in [-0.05, 0) is 85.8 Å². The number of rotatable bonds is 1. The zero-order valence-corrected chi connectivity index (χ0v) is 19.3. The van der Waals surface area contributed by atoms with Gasteiger partial charge in [-0.3, -0.25) is 4.79 Å². The Morgan fingerprint density at radius 3 is 2.55 bits per heavy atom. The lowest BCUT2D eigenvalue weighted by molar-refractivity contribution is -0.153. The molecular weight excluding hydrogens is 384 g/mol. The first kappa shape index (κ1) is 20.7. The van der Waals surface area contributed by atoms with Crippen LogP contribution in [0.2, 0.25) is 0 Å². The fourth-order valence-corrected chi connectivity index (χ4v) is 8.11. The first-order chi connectivity index (χ1) is 14.5. The van der Waals surface area contributed by atoms with E-state index in [1.165, 1.54) is 17.4 Å². The van der Waals surface area contributed by atoms with Crippen LogP contribution in [-0.4, -0.2) is 17.2 Å². The lowest BCUT2D eigenvalue weighted by Gasteiger charge is -2.68. The summed E-state index contributed by atoms with van der Waals surface area (Å²) in [5.74, 6) is -0.0877. The molecule has 5 atom stereocenters. The molecule has 0 bridgehead atoms. The van der Waals surface area contributed by atoms with Gasteiger partial charge in [0.15, 0.2) is 5.76 Å². The molecule has 0 aromatic rings. The van der Waals surface area contributed by atoms with Crippen molar-refractivity contribution < 1.29 is 14.7 Å². The summed E-state index contributed by atoms with van der Waals surface area (Å²) in [4.78, 5) is 25.0. The Balaban J connectivity index is 1.67. The van der Waals surface area contributed by atoms with E-state index in [0.717, 1.165) is 56.1 Å². The second-order valence-electron chi connectivity index (χ2n) is 11.5. The van der Waals surface area contributed by atoms with Crippen LogP contribution >= 0.6 is 0 Å². The second kappa shape index (κ2) is 6.21. The van der Waals surface area contributed by atoms with Gasteiger partial charge in [0.1, 0.15) is 6.29 Å². The Bertz CT molecular complexity index is 1050. The van der Waals surface area contributed by atoms with Gasteiger partial charge in [0.05, 0.1) is 0 Å². The van der Waals surface area contributed by atoms with Gasteiger partial charge in [-0.25, -0.2) is 0 Å². The minimum Gasteiger partial charge on any atom is -0.504 e. The molecular formula is C28H34O3. The molecule has 0 spiro atoms. The van der Waals surface area contributed by atoms with Crippen LogP contribution in [0.4, 0.5) is 0 Å². The lowest BCUT2D eigenvalue weighted by atomic mass is 9.35. The summed E-state index contributed by atoms with van der Waals surface area (Å²) < 4.78 is 0. The van der Waals surface area contributed by atoms with Gasteiger partial charge in [0.25, 0.3) is 0 Å². The third kappa shape index (κ3) is 2.36. The molecule has 0 heterocycles. The van der Waals surface area contributed by atoms with Crippen LogP contribution in [0.1, 0.15) is 72.6 Å². The summed E-state index contributed by atoms with van der Waals surface area (Å²) in [5.41, 5.74) is 4.97. The first-order valence-corrected chi connectivity index (χ1v) is 11.8. The third-order valence-corrected chi connectivity index (χ3v) is 10.4. The Morgan fingerprint density at radius 2 is 1.84 bits per heavy atom. The van der Waals surface area contributed by atoms with Crippen molar-refractivity contribution in [3.05, 3.63) is 58.4 Å². The smallest absolute Gasteiger partial charge is 0.220 e. The fourth-order valence-electron chi connectivity index (χ4n) is 8.11. The van der Waals surface area contributed by atoms with Gasteiger partial charge < -0.3 is 9.90 Å². The average molecular weight is 419 g/mol. The lowest BCUT2D eigenvalue weighted by Crippen LogP contribution is -2.61. The molecule has 0 aliphatic heterocycles. The minimum atomic E-state index is -0.280. The zero-order valence-electron chi connectivity index (χ0n) is 19.3. The van der Waals surface area contributed by atoms with Gasteiger partial charge in [-0.2, -0.15) is 0 Å². The van der Waals surface area contributed by atoms with Crippen LogP contribution in [0.25, 0.3) is 0 Å². The van der Waals surface area contributed by atoms with Gasteiger partial charge in [0, 0.05) is 16.4 Å². The van der Waals surface area contributed by atoms with Gasteiger partial charge in [-0.1, -0.05) is 50.6 Å². The van der Waals surface area contributed by atoms with Crippen LogP contribution < -0.4 is 0 Å². The van der Waals surface area contributed by atoms with E-state index in [2.05, 4.69) is 39.5 Å². The standard InChI is InChI=1S/C28H34O3/c1-17-8-9-28(16-29)13-12-26(4)22-7-6-19-18(2)24(31)21(30)15-20(19)25(22,3)10-11-27(26,5)23(28)14-17/h6-7,15-16,23,31H,1,8-14H2,2-5H3. The molecule has 0 amide bonds. The van der Waals surface area contributed by atoms with Crippen molar-refractivity contribution in [3.8, 4) is 0 Å². The van der Waals surface area contributed by atoms with E-state index in [1.807, 2.05) is 6.92 Å². The number of carbonyl (C=O) groups excluding carboxylic acids is 2. The average Bonchev–Trinajstić information content (AvgIpc) is 2.74. The van der Waals surface area contributed by atoms with Crippen molar-refractivity contribution >= 4 is 12.1 Å². The zero-order chi connectivity index (χ0) is 22.4. The Labute approximate surface area is 185 Å². The summed E-state index contributed by atoms with van der Waals surface area (Å²) in [6.07, 6.45) is 14.1. The summed E-state index contributed by atoms with van der Waals surface area (Å²) >= 11 is 0. The highest BCUT2D eigenvalue weighted by molar-refractivity contribution is 6.06. The molecule has 0 saturated heterocycles. The number of fused-ring (bicyclic) bond motifs is 7. The number of aliphatic hydroxyl groups excluding tert-OH is 1. The number of ketones is 1. The maximum atomic E-state index is 12.5. The molecule has 31 heavy (non-hydrogen) atoms. The van der Waals surface area contributed by atoms with Crippen LogP contribution in [0.15, 0.2) is 58.4 Å². The molecule has 5 aliphatic carbocycles. The number of carbonyl (C=O) groups is 2. The van der Waals surface area contributed by atoms with Gasteiger partial charge in [0.2, 0.25) is 5.78 Å². The van der Waals surface area contributed by atoms with E-state index in [9.17, 15) is 14.7 Å². The molecule has 164 valence electrons. The van der Waals surface area contributed by atoms with E-state index in [4.69, 9.17) is 0 Å². The number of aliphatic hydroxyl groups is 1. The highest BCUT2D eigenvalue weighted by Crippen LogP contribution is 2.74. The quantitative estimate of drug-likeness (QED) is 0.399. The van der Waals surface area contributed by atoms with Crippen molar-refractivity contribution in [2.24, 2.45) is 27.6 Å². The van der Waals surface area contributed by atoms with Gasteiger partial charge in [-0.15, -0.1) is 0 Å². The topological polar surface area (TPSA) is 54.4 Å². The van der Waals surface area contributed by atoms with Gasteiger partial charge >= 0.3 is 0 Å². The van der Waals surface area contributed by atoms with E-state index < -0.39 is 0 Å². The SMILES string of the molecule is C=C1CCC2(C=O)CCC3(C)C4=CC=C5C(=CC(=O)C(O)=C5C)C4(C)CCC3(C)C2C1. The minimum absolute atomic E-state index is 0.0124. The first-order valence-electron chi connectivity index (χ1n) is 11.8. The summed E-state index contributed by atoms with van der Waals surface area (Å²) in [7, 11) is 0. The van der Waals surface area contributed by atoms with Crippen LogP contribution in [0, 0.1) is 27.6 Å². The van der Waals surface area contributed by atoms with Crippen molar-refractivity contribution in [1.82, 2.24) is 0 Å². The van der Waals surface area contributed by atoms with E-state index in [0.29, 0.717) is 11.5 Å². The number of hydrogen-bond acceptors (Lipinski definition) is 3. The highest BCUT2D eigenvalue weighted by atomic mass is 16.3. The summed E-state index contributed by atoms with van der Waals surface area (Å²) in [6.45, 7) is 13.3. The molecule has 3 fully saturated rings. The Morgan fingerprint density at radius 1 is 1.10 bits per heavy atom. The van der Waals surface area contributed by atoms with Crippen LogP contribution in [0.3, 0.4) is 0 Å². The normalized spacial score (nSPS) is 44.3. The number of aldehydes is 1. The molecule has 5 rings (SSSR count). The predicted molar refractivity (Wildman–Crippen MR) is 122 cm³/mol. The molecule has 0 aromatic carbocycles. The molecule has 3 nitrogen and oxygen atoms in total. The third-order valence-electron chi connectivity index (χ3n) is 10.4. The van der Waals surface area contributed by atoms with Crippen molar-refractivity contribution in [3.63, 3.8) is 0 Å². The van der Waals surface area contributed by atoms with E-state index in [-0.39, 0.29) is 33.2 Å². The molecule has 5 aliphatic rings. The molecule has 1 N–H and O–H groups in total. The van der Waals surface area contributed by atoms with E-state index in [1.54, 1.807) is 6.08 Å². The number of allylic oxidation sites excluding steroid dienone is 8. The molecule has 3 saturated carbocycles. The molecule has 3 heteroatoms. The van der Waals surface area contributed by atoms with Crippen molar-refractivity contribution in [2.75, 3.05) is 0 Å². The molecule has 0 aromatic heterocycles. The maximum absolute atomic E-state index is 12.5. The Kier molecular flexibility index (Phi) is 4.15. The van der Waals surface area contributed by atoms with Crippen LogP contribution in [-0.2, 0) is 9.59 Å². The second-order valence-corrected chi connectivity index (χ2v) is 11.5. The molecule has 5 unspecified atom stereocenters. The summed E-state index contributed by atoms with van der Waals surface area (Å²) in [5, 5.41) is 10.2. The van der Waals surface area contributed by atoms with Crippen molar-refractivity contribution in [1.29, 1.82) is 0 Å². The molecule has 0 radical (unpaired) electrons. The summed E-state index contributed by atoms with van der Waals surface area (Å²) in [6, 6.07) is 0. The predicted octanol–water partition coefficient (Wildman–Crippen LogP) is 6.34. The largest absolute Gasteiger partial charge is 0.504 e.